The molecule has 0 amide bonds. The lowest BCUT2D eigenvalue weighted by Crippen LogP contribution is -2.04. The van der Waals surface area contributed by atoms with Gasteiger partial charge in [0.15, 0.2) is 5.69 Å². The van der Waals surface area contributed by atoms with E-state index < -0.39 is 5.97 Å². The molecular formula is C11H12N4O2. The molecule has 0 spiro atoms. The Morgan fingerprint density at radius 3 is 3.06 bits per heavy atom. The summed E-state index contributed by atoms with van der Waals surface area (Å²) in [6.07, 6.45) is 3.26. The molecule has 0 aliphatic rings. The van der Waals surface area contributed by atoms with Gasteiger partial charge in [0.25, 0.3) is 0 Å². The van der Waals surface area contributed by atoms with Crippen LogP contribution in [0.25, 0.3) is 0 Å². The fourth-order valence-corrected chi connectivity index (χ4v) is 1.41. The predicted octanol–water partition coefficient (Wildman–Crippen LogP) is 0.816. The molecule has 0 N–H and O–H groups in total. The van der Waals surface area contributed by atoms with Crippen molar-refractivity contribution in [2.75, 3.05) is 7.11 Å². The minimum Gasteiger partial charge on any atom is -0.464 e. The van der Waals surface area contributed by atoms with E-state index in [4.69, 9.17) is 0 Å². The van der Waals surface area contributed by atoms with Crippen LogP contribution in [-0.4, -0.2) is 33.1 Å². The van der Waals surface area contributed by atoms with Crippen LogP contribution in [0.4, 0.5) is 0 Å². The summed E-state index contributed by atoms with van der Waals surface area (Å²) in [6, 6.07) is 3.85. The Morgan fingerprint density at radius 1 is 1.53 bits per heavy atom. The molecule has 6 nitrogen and oxygen atoms in total. The largest absolute Gasteiger partial charge is 0.464 e. The average Bonchev–Trinajstić information content (AvgIpc) is 2.80. The van der Waals surface area contributed by atoms with Crippen molar-refractivity contribution in [2.24, 2.45) is 0 Å². The van der Waals surface area contributed by atoms with Crippen molar-refractivity contribution in [3.63, 3.8) is 0 Å². The summed E-state index contributed by atoms with van der Waals surface area (Å²) in [4.78, 5) is 15.4. The fourth-order valence-electron chi connectivity index (χ4n) is 1.41. The van der Waals surface area contributed by atoms with E-state index in [1.165, 1.54) is 7.11 Å². The maximum absolute atomic E-state index is 11.2. The van der Waals surface area contributed by atoms with E-state index in [0.717, 1.165) is 11.3 Å². The first-order valence-electron chi connectivity index (χ1n) is 5.09. The van der Waals surface area contributed by atoms with Gasteiger partial charge in [-0.25, -0.2) is 9.48 Å². The number of hydrogen-bond donors (Lipinski definition) is 0. The van der Waals surface area contributed by atoms with Crippen molar-refractivity contribution in [1.82, 2.24) is 20.0 Å². The highest BCUT2D eigenvalue weighted by molar-refractivity contribution is 5.86. The molecule has 0 saturated heterocycles. The third-order valence-corrected chi connectivity index (χ3v) is 2.36. The maximum atomic E-state index is 11.2. The highest BCUT2D eigenvalue weighted by Crippen LogP contribution is 2.05. The molecule has 2 rings (SSSR count). The second-order valence-electron chi connectivity index (χ2n) is 3.56. The summed E-state index contributed by atoms with van der Waals surface area (Å²) in [7, 11) is 1.31. The second kappa shape index (κ2) is 4.73. The lowest BCUT2D eigenvalue weighted by molar-refractivity contribution is 0.0594. The average molecular weight is 232 g/mol. The fraction of sp³-hybridized carbons (Fsp3) is 0.273. The van der Waals surface area contributed by atoms with Crippen molar-refractivity contribution in [3.05, 3.63) is 41.5 Å². The van der Waals surface area contributed by atoms with Gasteiger partial charge in [-0.2, -0.15) is 0 Å². The number of rotatable bonds is 3. The molecule has 0 bridgehead atoms. The molecule has 0 aliphatic carbocycles. The molecule has 0 radical (unpaired) electrons. The second-order valence-corrected chi connectivity index (χ2v) is 3.56. The van der Waals surface area contributed by atoms with Crippen molar-refractivity contribution in [1.29, 1.82) is 0 Å². The molecule has 0 aliphatic heterocycles. The molecule has 2 heterocycles. The number of carbonyl (C=O) groups excluding carboxylic acids is 1. The van der Waals surface area contributed by atoms with Crippen LogP contribution in [0.2, 0.25) is 0 Å². The lowest BCUT2D eigenvalue weighted by atomic mass is 10.2. The molecular weight excluding hydrogens is 220 g/mol. The number of carbonyl (C=O) groups is 1. The maximum Gasteiger partial charge on any atom is 0.360 e. The number of methoxy groups -OCH3 is 1. The zero-order valence-corrected chi connectivity index (χ0v) is 9.62. The monoisotopic (exact) mass is 232 g/mol. The van der Waals surface area contributed by atoms with Gasteiger partial charge in [-0.1, -0.05) is 11.3 Å². The van der Waals surface area contributed by atoms with Crippen molar-refractivity contribution in [2.45, 2.75) is 13.5 Å². The minimum atomic E-state index is -0.492. The third kappa shape index (κ3) is 2.47. The Bertz CT molecular complexity index is 536. The molecule has 0 aromatic carbocycles. The van der Waals surface area contributed by atoms with Crippen molar-refractivity contribution < 1.29 is 9.53 Å². The number of esters is 1. The van der Waals surface area contributed by atoms with Gasteiger partial charge in [0.05, 0.1) is 25.5 Å². The summed E-state index contributed by atoms with van der Waals surface area (Å²) < 4.78 is 6.11. The van der Waals surface area contributed by atoms with Crippen molar-refractivity contribution in [3.8, 4) is 0 Å². The standard InChI is InChI=1S/C11H12N4O2/c1-8-4-3-5-12-9(8)6-15-7-10(13-14-15)11(16)17-2/h3-5,7H,6H2,1-2H3. The summed E-state index contributed by atoms with van der Waals surface area (Å²) in [5.74, 6) is -0.492. The molecule has 2 aromatic heterocycles. The van der Waals surface area contributed by atoms with E-state index in [1.807, 2.05) is 19.1 Å². The number of nitrogens with zero attached hydrogens (tertiary/aromatic N) is 4. The number of hydrogen-bond acceptors (Lipinski definition) is 5. The van der Waals surface area contributed by atoms with E-state index in [1.54, 1.807) is 17.1 Å². The Hall–Kier alpha value is -2.24. The Kier molecular flexibility index (Phi) is 3.13. The number of aryl methyl sites for hydroxylation is 1. The van der Waals surface area contributed by atoms with Crippen LogP contribution in [-0.2, 0) is 11.3 Å². The van der Waals surface area contributed by atoms with E-state index in [2.05, 4.69) is 20.0 Å². The summed E-state index contributed by atoms with van der Waals surface area (Å²) in [5.41, 5.74) is 2.16. The summed E-state index contributed by atoms with van der Waals surface area (Å²) in [5, 5.41) is 7.57. The van der Waals surface area contributed by atoms with Gasteiger partial charge >= 0.3 is 5.97 Å². The first-order valence-corrected chi connectivity index (χ1v) is 5.09. The lowest BCUT2D eigenvalue weighted by Gasteiger charge is -2.02. The topological polar surface area (TPSA) is 69.9 Å². The van der Waals surface area contributed by atoms with Crippen LogP contribution in [0.15, 0.2) is 24.5 Å². The number of ether oxygens (including phenoxy) is 1. The van der Waals surface area contributed by atoms with Gasteiger partial charge < -0.3 is 4.74 Å². The Labute approximate surface area is 98.2 Å². The van der Waals surface area contributed by atoms with Gasteiger partial charge in [-0.05, 0) is 18.6 Å². The summed E-state index contributed by atoms with van der Waals surface area (Å²) >= 11 is 0. The molecule has 2 aromatic rings. The van der Waals surface area contributed by atoms with E-state index >= 15 is 0 Å². The van der Waals surface area contributed by atoms with E-state index in [-0.39, 0.29) is 5.69 Å². The number of pyridine rings is 1. The molecule has 0 saturated carbocycles. The number of aromatic nitrogens is 4. The normalized spacial score (nSPS) is 10.2. The third-order valence-electron chi connectivity index (χ3n) is 2.36. The highest BCUT2D eigenvalue weighted by atomic mass is 16.5. The Balaban J connectivity index is 2.17. The predicted molar refractivity (Wildman–Crippen MR) is 59.4 cm³/mol. The van der Waals surface area contributed by atoms with Crippen LogP contribution < -0.4 is 0 Å². The zero-order chi connectivity index (χ0) is 12.3. The van der Waals surface area contributed by atoms with Crippen LogP contribution in [0, 0.1) is 6.92 Å². The van der Waals surface area contributed by atoms with Gasteiger partial charge in [0.1, 0.15) is 0 Å². The van der Waals surface area contributed by atoms with Crippen LogP contribution in [0.1, 0.15) is 21.7 Å². The SMILES string of the molecule is COC(=O)c1cn(Cc2ncccc2C)nn1. The molecule has 0 atom stereocenters. The molecule has 17 heavy (non-hydrogen) atoms. The highest BCUT2D eigenvalue weighted by Gasteiger charge is 2.11. The minimum absolute atomic E-state index is 0.195. The van der Waals surface area contributed by atoms with Crippen LogP contribution in [0.5, 0.6) is 0 Å². The first kappa shape index (κ1) is 11.3. The van der Waals surface area contributed by atoms with Crippen molar-refractivity contribution >= 4 is 5.97 Å². The van der Waals surface area contributed by atoms with Gasteiger partial charge in [-0.15, -0.1) is 5.10 Å². The van der Waals surface area contributed by atoms with Gasteiger partial charge in [0.2, 0.25) is 0 Å². The van der Waals surface area contributed by atoms with Gasteiger partial charge in [0, 0.05) is 6.20 Å². The smallest absolute Gasteiger partial charge is 0.360 e. The first-order chi connectivity index (χ1) is 8.20. The molecule has 0 fully saturated rings. The Morgan fingerprint density at radius 2 is 2.35 bits per heavy atom. The molecule has 88 valence electrons. The van der Waals surface area contributed by atoms with Crippen LogP contribution >= 0.6 is 0 Å². The van der Waals surface area contributed by atoms with E-state index in [9.17, 15) is 4.79 Å². The van der Waals surface area contributed by atoms with E-state index in [0.29, 0.717) is 6.54 Å². The zero-order valence-electron chi connectivity index (χ0n) is 9.62. The quantitative estimate of drug-likeness (QED) is 0.732. The van der Waals surface area contributed by atoms with Crippen LogP contribution in [0.3, 0.4) is 0 Å². The summed E-state index contributed by atoms with van der Waals surface area (Å²) in [6.45, 7) is 2.46. The van der Waals surface area contributed by atoms with Gasteiger partial charge in [-0.3, -0.25) is 4.98 Å². The molecule has 0 unspecified atom stereocenters. The molecule has 6 heteroatoms.